The number of pyridine rings is 2. The Morgan fingerprint density at radius 3 is 1.91 bits per heavy atom. The molecule has 0 aliphatic heterocycles. The zero-order valence-electron chi connectivity index (χ0n) is 18.4. The van der Waals surface area contributed by atoms with Crippen LogP contribution in [0, 0.1) is 5.41 Å². The third-order valence-electron chi connectivity index (χ3n) is 4.64. The number of benzene rings is 1. The predicted molar refractivity (Wildman–Crippen MR) is 135 cm³/mol. The van der Waals surface area contributed by atoms with Gasteiger partial charge >= 0.3 is 0 Å². The maximum absolute atomic E-state index is 8.56. The zero-order chi connectivity index (χ0) is 22.8. The molecule has 1 aromatic carbocycles. The highest BCUT2D eigenvalue weighted by Gasteiger charge is 2.16. The molecule has 5 heteroatoms. The molecule has 0 saturated carbocycles. The number of anilines is 4. The van der Waals surface area contributed by atoms with Crippen LogP contribution < -0.4 is 9.80 Å². The average molecular weight is 422 g/mol. The maximum Gasteiger partial charge on any atom is 0.138 e. The van der Waals surface area contributed by atoms with E-state index in [2.05, 4.69) is 34.4 Å². The molecule has 32 heavy (non-hydrogen) atoms. The Morgan fingerprint density at radius 1 is 0.844 bits per heavy atom. The van der Waals surface area contributed by atoms with Gasteiger partial charge in [0.05, 0.1) is 0 Å². The van der Waals surface area contributed by atoms with E-state index in [-0.39, 0.29) is 0 Å². The van der Waals surface area contributed by atoms with Crippen LogP contribution in [0.2, 0.25) is 0 Å². The molecule has 0 aliphatic carbocycles. The Kier molecular flexibility index (Phi) is 7.87. The maximum atomic E-state index is 8.56. The molecule has 0 atom stereocenters. The lowest BCUT2D eigenvalue weighted by Crippen LogP contribution is -2.24. The molecule has 2 heterocycles. The summed E-state index contributed by atoms with van der Waals surface area (Å²) < 4.78 is 0. The summed E-state index contributed by atoms with van der Waals surface area (Å²) in [6, 6.07) is 19.5. The Hall–Kier alpha value is -4.25. The number of hydrogen-bond acceptors (Lipinski definition) is 4. The molecule has 5 nitrogen and oxygen atoms in total. The fourth-order valence-corrected chi connectivity index (χ4v) is 3.18. The fourth-order valence-electron chi connectivity index (χ4n) is 3.18. The van der Waals surface area contributed by atoms with Gasteiger partial charge in [-0.2, -0.15) is 0 Å². The molecule has 0 saturated heterocycles. The van der Waals surface area contributed by atoms with E-state index in [1.54, 1.807) is 35.5 Å². The number of amidine groups is 1. The van der Waals surface area contributed by atoms with Crippen molar-refractivity contribution in [3.63, 3.8) is 0 Å². The van der Waals surface area contributed by atoms with Crippen molar-refractivity contribution in [3.05, 3.63) is 122 Å². The molecule has 1 N–H and O–H groups in total. The monoisotopic (exact) mass is 421 g/mol. The van der Waals surface area contributed by atoms with Gasteiger partial charge in [0.25, 0.3) is 0 Å². The van der Waals surface area contributed by atoms with Gasteiger partial charge in [-0.15, -0.1) is 0 Å². The van der Waals surface area contributed by atoms with Crippen molar-refractivity contribution >= 4 is 28.8 Å². The number of nitrogens with one attached hydrogen (secondary N) is 1. The standard InChI is InChI=1S/C27H27N5/c1-4-6-12-22(3)31(26-14-8-10-20-29-26)23-16-18-24(19-17-23)32(25(28)13-7-5-2)27-15-9-11-21-30-27/h4-21,28H,2H2,1,3H3. The molecule has 0 aliphatic rings. The zero-order valence-corrected chi connectivity index (χ0v) is 18.4. The number of rotatable bonds is 8. The molecular formula is C27H27N5. The van der Waals surface area contributed by atoms with E-state index < -0.39 is 0 Å². The minimum absolute atomic E-state index is 0.294. The average Bonchev–Trinajstić information content (AvgIpc) is 2.84. The molecule has 2 aromatic heterocycles. The van der Waals surface area contributed by atoms with Crippen molar-refractivity contribution in [1.29, 1.82) is 5.41 Å². The first-order valence-electron chi connectivity index (χ1n) is 10.4. The van der Waals surface area contributed by atoms with Crippen molar-refractivity contribution in [1.82, 2.24) is 9.97 Å². The van der Waals surface area contributed by atoms with Crippen molar-refractivity contribution in [3.8, 4) is 0 Å². The summed E-state index contributed by atoms with van der Waals surface area (Å²) in [7, 11) is 0. The van der Waals surface area contributed by atoms with Gasteiger partial charge in [0.15, 0.2) is 0 Å². The normalized spacial score (nSPS) is 11.6. The summed E-state index contributed by atoms with van der Waals surface area (Å²) in [6.45, 7) is 7.74. The van der Waals surface area contributed by atoms with Gasteiger partial charge in [0, 0.05) is 29.5 Å². The van der Waals surface area contributed by atoms with E-state index in [4.69, 9.17) is 5.41 Å². The van der Waals surface area contributed by atoms with Crippen LogP contribution in [0.5, 0.6) is 0 Å². The van der Waals surface area contributed by atoms with Gasteiger partial charge in [-0.25, -0.2) is 9.97 Å². The van der Waals surface area contributed by atoms with Crippen LogP contribution in [0.3, 0.4) is 0 Å². The van der Waals surface area contributed by atoms with Crippen molar-refractivity contribution in [2.75, 3.05) is 9.80 Å². The van der Waals surface area contributed by atoms with Crippen LogP contribution in [-0.2, 0) is 0 Å². The third-order valence-corrected chi connectivity index (χ3v) is 4.64. The van der Waals surface area contributed by atoms with Gasteiger partial charge in [-0.05, 0) is 74.5 Å². The molecule has 0 spiro atoms. The molecule has 3 aromatic rings. The molecule has 0 unspecified atom stereocenters. The van der Waals surface area contributed by atoms with Crippen LogP contribution >= 0.6 is 0 Å². The lowest BCUT2D eigenvalue weighted by Gasteiger charge is -2.26. The van der Waals surface area contributed by atoms with E-state index in [9.17, 15) is 0 Å². The molecule has 160 valence electrons. The Balaban J connectivity index is 2.03. The second-order valence-electron chi connectivity index (χ2n) is 6.88. The minimum atomic E-state index is 0.294. The molecular weight excluding hydrogens is 394 g/mol. The Bertz CT molecular complexity index is 1110. The molecule has 0 amide bonds. The first-order chi connectivity index (χ1) is 15.7. The first-order valence-corrected chi connectivity index (χ1v) is 10.4. The molecule has 0 fully saturated rings. The van der Waals surface area contributed by atoms with Crippen molar-refractivity contribution < 1.29 is 0 Å². The van der Waals surface area contributed by atoms with E-state index in [0.717, 1.165) is 22.9 Å². The van der Waals surface area contributed by atoms with E-state index >= 15 is 0 Å². The van der Waals surface area contributed by atoms with E-state index in [1.165, 1.54) is 0 Å². The lowest BCUT2D eigenvalue weighted by atomic mass is 10.2. The van der Waals surface area contributed by atoms with Crippen LogP contribution in [0.4, 0.5) is 23.0 Å². The van der Waals surface area contributed by atoms with Crippen LogP contribution in [0.1, 0.15) is 13.8 Å². The van der Waals surface area contributed by atoms with E-state index in [1.807, 2.05) is 79.7 Å². The highest BCUT2D eigenvalue weighted by molar-refractivity contribution is 6.08. The molecule has 0 radical (unpaired) electrons. The predicted octanol–water partition coefficient (Wildman–Crippen LogP) is 6.95. The summed E-state index contributed by atoms with van der Waals surface area (Å²) in [5, 5.41) is 8.56. The van der Waals surface area contributed by atoms with Gasteiger partial charge in [-0.3, -0.25) is 15.2 Å². The summed E-state index contributed by atoms with van der Waals surface area (Å²) in [5.74, 6) is 1.80. The quantitative estimate of drug-likeness (QED) is 0.243. The van der Waals surface area contributed by atoms with Crippen molar-refractivity contribution in [2.24, 2.45) is 0 Å². The van der Waals surface area contributed by atoms with Crippen LogP contribution in [-0.4, -0.2) is 15.8 Å². The summed E-state index contributed by atoms with van der Waals surface area (Å²) >= 11 is 0. The second kappa shape index (κ2) is 11.2. The molecule has 3 rings (SSSR count). The van der Waals surface area contributed by atoms with Gasteiger partial charge < -0.3 is 0 Å². The fraction of sp³-hybridized carbons (Fsp3) is 0.0741. The second-order valence-corrected chi connectivity index (χ2v) is 6.88. The van der Waals surface area contributed by atoms with Crippen LogP contribution in [0.25, 0.3) is 0 Å². The number of nitrogens with zero attached hydrogens (tertiary/aromatic N) is 4. The summed E-state index contributed by atoms with van der Waals surface area (Å²) in [6.07, 6.45) is 14.7. The minimum Gasteiger partial charge on any atom is -0.299 e. The highest BCUT2D eigenvalue weighted by Crippen LogP contribution is 2.31. The number of aromatic nitrogens is 2. The van der Waals surface area contributed by atoms with Gasteiger partial charge in [0.2, 0.25) is 0 Å². The van der Waals surface area contributed by atoms with Crippen molar-refractivity contribution in [2.45, 2.75) is 13.8 Å². The largest absolute Gasteiger partial charge is 0.299 e. The van der Waals surface area contributed by atoms with Gasteiger partial charge in [-0.1, -0.05) is 43.0 Å². The smallest absolute Gasteiger partial charge is 0.138 e. The number of hydrogen-bond donors (Lipinski definition) is 1. The topological polar surface area (TPSA) is 56.1 Å². The highest BCUT2D eigenvalue weighted by atomic mass is 15.2. The van der Waals surface area contributed by atoms with Crippen LogP contribution in [0.15, 0.2) is 122 Å². The summed E-state index contributed by atoms with van der Waals surface area (Å²) in [5.41, 5.74) is 2.85. The first kappa shape index (κ1) is 22.4. The van der Waals surface area contributed by atoms with E-state index in [0.29, 0.717) is 11.7 Å². The number of allylic oxidation sites excluding steroid dienone is 6. The summed E-state index contributed by atoms with van der Waals surface area (Å²) in [4.78, 5) is 12.9. The Morgan fingerprint density at radius 2 is 1.41 bits per heavy atom. The molecule has 0 bridgehead atoms. The van der Waals surface area contributed by atoms with Gasteiger partial charge in [0.1, 0.15) is 17.5 Å². The lowest BCUT2D eigenvalue weighted by molar-refractivity contribution is 1.09. The SMILES string of the molecule is C=CC=CC(=N)N(c1ccc(N(C(C)=CC=CC)c2ccccn2)cc1)c1ccccn1. The third kappa shape index (κ3) is 5.46. The Labute approximate surface area is 189 Å².